The van der Waals surface area contributed by atoms with E-state index in [0.29, 0.717) is 10.0 Å². The van der Waals surface area contributed by atoms with Crippen LogP contribution in [0.15, 0.2) is 18.2 Å². The molecule has 3 nitrogen and oxygen atoms in total. The van der Waals surface area contributed by atoms with Crippen LogP contribution in [0.5, 0.6) is 0 Å². The summed E-state index contributed by atoms with van der Waals surface area (Å²) in [6, 6.07) is 5.45. The molecule has 3 N–H and O–H groups in total. The Labute approximate surface area is 106 Å². The summed E-state index contributed by atoms with van der Waals surface area (Å²) in [6.07, 6.45) is 0.926. The van der Waals surface area contributed by atoms with Crippen LogP contribution in [0.1, 0.15) is 12.0 Å². The molecule has 0 aliphatic carbocycles. The van der Waals surface area contributed by atoms with E-state index in [0.717, 1.165) is 30.8 Å². The van der Waals surface area contributed by atoms with E-state index in [2.05, 4.69) is 5.32 Å². The first-order chi connectivity index (χ1) is 7.65. The number of rotatable bonds is 6. The Hall–Kier alpha value is -0.840. The van der Waals surface area contributed by atoms with Gasteiger partial charge in [0.2, 0.25) is 0 Å². The molecule has 1 aromatic carbocycles. The predicted octanol–water partition coefficient (Wildman–Crippen LogP) is 2.42. The number of benzene rings is 1. The highest BCUT2D eigenvalue weighted by Gasteiger charge is 2.05. The summed E-state index contributed by atoms with van der Waals surface area (Å²) in [7, 11) is 1.68. The molecule has 1 rings (SSSR count). The number of nitrogens with one attached hydrogen (secondary N) is 1. The number of methoxy groups -OCH3 is 1. The summed E-state index contributed by atoms with van der Waals surface area (Å²) in [5, 5.41) is 3.88. The lowest BCUT2D eigenvalue weighted by molar-refractivity contribution is 0.198. The van der Waals surface area contributed by atoms with E-state index in [9.17, 15) is 0 Å². The molecule has 88 valence electrons. The van der Waals surface area contributed by atoms with Crippen molar-refractivity contribution in [2.24, 2.45) is 5.73 Å². The molecular weight excluding hydrogens is 244 g/mol. The summed E-state index contributed by atoms with van der Waals surface area (Å²) in [4.78, 5) is 0.344. The first-order valence-electron chi connectivity index (χ1n) is 4.97. The maximum atomic E-state index is 5.88. The molecule has 0 saturated heterocycles. The largest absolute Gasteiger partial charge is 0.389 e. The molecule has 0 aliphatic rings. The Morgan fingerprint density at radius 1 is 1.56 bits per heavy atom. The maximum absolute atomic E-state index is 5.88. The second-order valence-electron chi connectivity index (χ2n) is 3.33. The lowest BCUT2D eigenvalue weighted by Crippen LogP contribution is -2.14. The van der Waals surface area contributed by atoms with Crippen LogP contribution in [0.2, 0.25) is 5.02 Å². The molecule has 16 heavy (non-hydrogen) atoms. The smallest absolute Gasteiger partial charge is 0.106 e. The minimum atomic E-state index is 0.344. The van der Waals surface area contributed by atoms with Crippen molar-refractivity contribution in [3.63, 3.8) is 0 Å². The molecule has 0 fully saturated rings. The van der Waals surface area contributed by atoms with Crippen LogP contribution in [-0.2, 0) is 4.74 Å². The molecule has 0 bridgehead atoms. The molecule has 0 heterocycles. The SMILES string of the molecule is COCCCNc1ccc(Cl)cc1C(N)=S. The average Bonchev–Trinajstić information content (AvgIpc) is 2.26. The molecule has 0 amide bonds. The van der Waals surface area contributed by atoms with Crippen molar-refractivity contribution in [1.29, 1.82) is 0 Å². The van der Waals surface area contributed by atoms with Crippen molar-refractivity contribution in [2.75, 3.05) is 25.6 Å². The Morgan fingerprint density at radius 3 is 2.94 bits per heavy atom. The minimum absolute atomic E-state index is 0.344. The van der Waals surface area contributed by atoms with E-state index in [-0.39, 0.29) is 0 Å². The number of hydrogen-bond acceptors (Lipinski definition) is 3. The Kier molecular flexibility index (Phi) is 5.52. The van der Waals surface area contributed by atoms with Gasteiger partial charge in [-0.2, -0.15) is 0 Å². The predicted molar refractivity (Wildman–Crippen MR) is 72.3 cm³/mol. The Balaban J connectivity index is 2.67. The minimum Gasteiger partial charge on any atom is -0.389 e. The van der Waals surface area contributed by atoms with Gasteiger partial charge in [-0.1, -0.05) is 23.8 Å². The fourth-order valence-electron chi connectivity index (χ4n) is 1.31. The zero-order valence-electron chi connectivity index (χ0n) is 9.13. The highest BCUT2D eigenvalue weighted by molar-refractivity contribution is 7.80. The van der Waals surface area contributed by atoms with Crippen LogP contribution < -0.4 is 11.1 Å². The van der Waals surface area contributed by atoms with Gasteiger partial charge in [0.05, 0.1) is 0 Å². The summed E-state index contributed by atoms with van der Waals surface area (Å²) < 4.78 is 4.96. The van der Waals surface area contributed by atoms with Gasteiger partial charge in [-0.05, 0) is 24.6 Å². The zero-order valence-corrected chi connectivity index (χ0v) is 10.7. The van der Waals surface area contributed by atoms with Crippen LogP contribution in [-0.4, -0.2) is 25.2 Å². The summed E-state index contributed by atoms with van der Waals surface area (Å²) >= 11 is 10.8. The van der Waals surface area contributed by atoms with Crippen molar-refractivity contribution >= 4 is 34.5 Å². The highest BCUT2D eigenvalue weighted by atomic mass is 35.5. The summed E-state index contributed by atoms with van der Waals surface area (Å²) in [5.74, 6) is 0. The van der Waals surface area contributed by atoms with Crippen molar-refractivity contribution in [3.8, 4) is 0 Å². The van der Waals surface area contributed by atoms with Crippen LogP contribution in [0, 0.1) is 0 Å². The number of nitrogens with two attached hydrogens (primary N) is 1. The van der Waals surface area contributed by atoms with E-state index in [1.54, 1.807) is 13.2 Å². The van der Waals surface area contributed by atoms with Gasteiger partial charge >= 0.3 is 0 Å². The van der Waals surface area contributed by atoms with Crippen LogP contribution >= 0.6 is 23.8 Å². The third kappa shape index (κ3) is 3.96. The lowest BCUT2D eigenvalue weighted by Gasteiger charge is -2.11. The van der Waals surface area contributed by atoms with Gasteiger partial charge in [0.1, 0.15) is 4.99 Å². The topological polar surface area (TPSA) is 47.3 Å². The number of thiocarbonyl (C=S) groups is 1. The fraction of sp³-hybridized carbons (Fsp3) is 0.364. The third-order valence-electron chi connectivity index (χ3n) is 2.09. The van der Waals surface area contributed by atoms with Gasteiger partial charge in [-0.3, -0.25) is 0 Å². The summed E-state index contributed by atoms with van der Waals surface area (Å²) in [6.45, 7) is 1.54. The second-order valence-corrected chi connectivity index (χ2v) is 4.20. The van der Waals surface area contributed by atoms with Crippen LogP contribution in [0.3, 0.4) is 0 Å². The van der Waals surface area contributed by atoms with Gasteiger partial charge in [0.15, 0.2) is 0 Å². The van der Waals surface area contributed by atoms with E-state index < -0.39 is 0 Å². The highest BCUT2D eigenvalue weighted by Crippen LogP contribution is 2.20. The standard InChI is InChI=1S/C11H15ClN2OS/c1-15-6-2-5-14-10-4-3-8(12)7-9(10)11(13)16/h3-4,7,14H,2,5-6H2,1H3,(H2,13,16). The Bertz CT molecular complexity index is 371. The molecule has 0 saturated carbocycles. The van der Waals surface area contributed by atoms with Gasteiger partial charge in [-0.15, -0.1) is 0 Å². The number of anilines is 1. The van der Waals surface area contributed by atoms with E-state index in [1.807, 2.05) is 12.1 Å². The molecule has 0 unspecified atom stereocenters. The van der Waals surface area contributed by atoms with E-state index in [4.69, 9.17) is 34.3 Å². The molecule has 0 aromatic heterocycles. The molecular formula is C11H15ClN2OS. The Morgan fingerprint density at radius 2 is 2.31 bits per heavy atom. The van der Waals surface area contributed by atoms with Crippen LogP contribution in [0.25, 0.3) is 0 Å². The molecule has 0 spiro atoms. The quantitative estimate of drug-likeness (QED) is 0.608. The number of hydrogen-bond donors (Lipinski definition) is 2. The first kappa shape index (κ1) is 13.2. The van der Waals surface area contributed by atoms with Gasteiger partial charge in [0.25, 0.3) is 0 Å². The molecule has 5 heteroatoms. The zero-order chi connectivity index (χ0) is 12.0. The van der Waals surface area contributed by atoms with Crippen molar-refractivity contribution in [1.82, 2.24) is 0 Å². The first-order valence-corrected chi connectivity index (χ1v) is 5.76. The number of halogens is 1. The molecule has 0 aliphatic heterocycles. The molecule has 0 radical (unpaired) electrons. The average molecular weight is 259 g/mol. The molecule has 0 atom stereocenters. The molecule has 1 aromatic rings. The van der Waals surface area contributed by atoms with E-state index in [1.165, 1.54) is 0 Å². The van der Waals surface area contributed by atoms with E-state index >= 15 is 0 Å². The fourth-order valence-corrected chi connectivity index (χ4v) is 1.66. The van der Waals surface area contributed by atoms with Crippen LogP contribution in [0.4, 0.5) is 5.69 Å². The monoisotopic (exact) mass is 258 g/mol. The normalized spacial score (nSPS) is 10.1. The van der Waals surface area contributed by atoms with Gasteiger partial charge in [0, 0.05) is 36.5 Å². The van der Waals surface area contributed by atoms with Crippen molar-refractivity contribution in [3.05, 3.63) is 28.8 Å². The second kappa shape index (κ2) is 6.68. The van der Waals surface area contributed by atoms with Crippen molar-refractivity contribution < 1.29 is 4.74 Å². The van der Waals surface area contributed by atoms with Gasteiger partial charge < -0.3 is 15.8 Å². The lowest BCUT2D eigenvalue weighted by atomic mass is 10.1. The third-order valence-corrected chi connectivity index (χ3v) is 2.54. The maximum Gasteiger partial charge on any atom is 0.106 e. The van der Waals surface area contributed by atoms with Crippen molar-refractivity contribution in [2.45, 2.75) is 6.42 Å². The van der Waals surface area contributed by atoms with Gasteiger partial charge in [-0.25, -0.2) is 0 Å². The number of ether oxygens (including phenoxy) is 1. The summed E-state index contributed by atoms with van der Waals surface area (Å²) in [5.41, 5.74) is 7.31.